The van der Waals surface area contributed by atoms with Crippen LogP contribution in [0.2, 0.25) is 16.6 Å². The van der Waals surface area contributed by atoms with Crippen LogP contribution < -0.4 is 0 Å². The molecule has 0 aliphatic carbocycles. The number of aliphatic hydroxyl groups is 6. The van der Waals surface area contributed by atoms with Crippen molar-refractivity contribution in [2.45, 2.75) is 365 Å². The van der Waals surface area contributed by atoms with E-state index in [0.29, 0.717) is 26.4 Å². The average molecular weight is 1500 g/mol. The summed E-state index contributed by atoms with van der Waals surface area (Å²) in [5.41, 5.74) is -1.74. The van der Waals surface area contributed by atoms with Crippen LogP contribution in [0.25, 0.3) is 0 Å². The zero-order valence-electron chi connectivity index (χ0n) is 64.4. The van der Waals surface area contributed by atoms with Gasteiger partial charge in [0.1, 0.15) is 0 Å². The van der Waals surface area contributed by atoms with Gasteiger partial charge in [-0.15, -0.1) is 12.4 Å². The van der Waals surface area contributed by atoms with Gasteiger partial charge in [-0.3, -0.25) is 4.79 Å². The van der Waals surface area contributed by atoms with Gasteiger partial charge in [-0.2, -0.15) is 0 Å². The van der Waals surface area contributed by atoms with Gasteiger partial charge in [0.15, 0.2) is 0 Å². The Morgan fingerprint density at radius 1 is 0.411 bits per heavy atom. The molecule has 11 N–H and O–H groups in total. The van der Waals surface area contributed by atoms with Crippen molar-refractivity contribution >= 4 is 63.8 Å². The van der Waals surface area contributed by atoms with E-state index < -0.39 is 90.6 Å². The molecule has 0 aromatic heterocycles. The van der Waals surface area contributed by atoms with E-state index in [1.165, 1.54) is 0 Å². The zero-order chi connectivity index (χ0) is 71.4. The molecule has 0 aliphatic heterocycles. The number of carbonyl (C=O) groups is 1. The van der Waals surface area contributed by atoms with Crippen LogP contribution in [0.15, 0.2) is 0 Å². The molecular formula is C60H153ClO22Si5Ti2. The average Bonchev–Trinajstić information content (AvgIpc) is 3.08. The summed E-state index contributed by atoms with van der Waals surface area (Å²) in [5.74, 6) is -0.833. The number of carboxylic acids is 1. The van der Waals surface area contributed by atoms with E-state index >= 15 is 0 Å². The van der Waals surface area contributed by atoms with Crippen LogP contribution in [0.4, 0.5) is 0 Å². The first kappa shape index (κ1) is 128. The smallest absolute Gasteiger partial charge is 0.481 e. The Morgan fingerprint density at radius 3 is 0.689 bits per heavy atom. The molecule has 0 saturated carbocycles. The molecule has 0 spiro atoms. The van der Waals surface area contributed by atoms with Crippen LogP contribution in [-0.4, -0.2) is 192 Å². The molecule has 0 amide bonds. The minimum atomic E-state index is -4.61. The van der Waals surface area contributed by atoms with Gasteiger partial charge >= 0.3 is 36.7 Å². The first-order valence-corrected chi connectivity index (χ1v) is 38.6. The number of halogens is 1. The van der Waals surface area contributed by atoms with Crippen molar-refractivity contribution in [1.29, 1.82) is 0 Å². The predicted octanol–water partition coefficient (Wildman–Crippen LogP) is 12.1. The van der Waals surface area contributed by atoms with E-state index in [1.54, 1.807) is 118 Å². The van der Waals surface area contributed by atoms with E-state index in [-0.39, 0.29) is 93.2 Å². The summed E-state index contributed by atoms with van der Waals surface area (Å²) >= 11 is 0. The Labute approximate surface area is 597 Å². The van der Waals surface area contributed by atoms with E-state index in [4.69, 9.17) is 88.6 Å². The fraction of sp³-hybridized carbons (Fsp3) is 0.983. The maximum Gasteiger partial charge on any atom is 0.679 e. The SMILES string of the molecule is C.CC(=O)O.CC(C)(C)O.CC(C)(C)O.CC(C)(C)O[SiH](O[Si](O)(O)OC(C)(C)C)O[Si](OC(C)(C)C)(OC(C)(C)C)OC(C)(C)C.CC(C)O.CC(C)O.CC(C)O.CC(C)O.CC(C)[SiH](C(C)C)C(C)C.CCO[Si](OCC)(OCC)OCC.Cl.O.[Ti].[Ti]. The molecule has 0 saturated heterocycles. The molecule has 0 radical (unpaired) electrons. The molecule has 0 aliphatic rings. The third-order valence-electron chi connectivity index (χ3n) is 6.27. The molecule has 30 heteroatoms. The minimum absolute atomic E-state index is 0. The molecule has 560 valence electrons. The third-order valence-corrected chi connectivity index (χ3v) is 21.7. The van der Waals surface area contributed by atoms with E-state index in [2.05, 4.69) is 41.5 Å². The predicted molar refractivity (Wildman–Crippen MR) is 378 cm³/mol. The Kier molecular flexibility index (Phi) is 90.9. The number of rotatable bonds is 20. The number of aliphatic carboxylic acids is 1. The quantitative estimate of drug-likeness (QED) is 0.0511. The second kappa shape index (κ2) is 63.9. The van der Waals surface area contributed by atoms with E-state index in [9.17, 15) is 9.59 Å². The molecule has 1 unspecified atom stereocenters. The maximum absolute atomic E-state index is 10.5. The molecule has 0 heterocycles. The number of hydrogen-bond acceptors (Lipinski definition) is 20. The van der Waals surface area contributed by atoms with Crippen molar-refractivity contribution in [2.24, 2.45) is 0 Å². The Morgan fingerprint density at radius 2 is 0.578 bits per heavy atom. The molecule has 0 rings (SSSR count). The summed E-state index contributed by atoms with van der Waals surface area (Å²) in [4.78, 5) is 30.1. The van der Waals surface area contributed by atoms with Gasteiger partial charge in [-0.1, -0.05) is 65.6 Å². The van der Waals surface area contributed by atoms with Crippen molar-refractivity contribution in [3.8, 4) is 0 Å². The van der Waals surface area contributed by atoms with Crippen LogP contribution in [0.1, 0.15) is 284 Å². The molecule has 0 aromatic carbocycles. The molecule has 22 nitrogen and oxygen atoms in total. The van der Waals surface area contributed by atoms with Crippen molar-refractivity contribution in [3.63, 3.8) is 0 Å². The van der Waals surface area contributed by atoms with Gasteiger partial charge < -0.3 is 98.9 Å². The summed E-state index contributed by atoms with van der Waals surface area (Å²) < 4.78 is 63.9. The number of aliphatic hydroxyl groups excluding tert-OH is 4. The van der Waals surface area contributed by atoms with Crippen LogP contribution in [-0.2, 0) is 96.3 Å². The van der Waals surface area contributed by atoms with Crippen LogP contribution in [0.3, 0.4) is 0 Å². The van der Waals surface area contributed by atoms with Gasteiger partial charge in [0.2, 0.25) is 0 Å². The van der Waals surface area contributed by atoms with Gasteiger partial charge in [-0.25, -0.2) is 0 Å². The summed E-state index contributed by atoms with van der Waals surface area (Å²) in [7, 11) is -15.2. The summed E-state index contributed by atoms with van der Waals surface area (Å²) in [6.07, 6.45) is -0.667. The zero-order valence-corrected chi connectivity index (χ0v) is 73.6. The van der Waals surface area contributed by atoms with Gasteiger partial charge in [0, 0.05) is 110 Å². The van der Waals surface area contributed by atoms with E-state index in [0.717, 1.165) is 23.5 Å². The maximum atomic E-state index is 10.5. The summed E-state index contributed by atoms with van der Waals surface area (Å²) in [5, 5.41) is 56.7. The Hall–Kier alpha value is 1.47. The topological polar surface area (TPSA) is 332 Å². The molecule has 0 bridgehead atoms. The molecule has 90 heavy (non-hydrogen) atoms. The van der Waals surface area contributed by atoms with Crippen molar-refractivity contribution in [1.82, 2.24) is 0 Å². The standard InChI is InChI=1S/C20H48O9Si3.C9H22Si.C8H20O4Si.2C4H10O.4C3H8O.C2H4O2.CH4.ClH.H2O.2Ti/c1-16(2,3)23-30(28-31(21,22)24-17(4,5)6)29-32(25-18(7,8)9,26-19(10,11)12)27-20(13,14)15;1-7(2)10(8(3)4)9(5)6;1-5-9-13(10-6-2,11-7-3)12-8-4;2*1-4(2,3)5;4*1-3(2)4;1-2(3)4;;;;;/h21-22,30H,1-15H3;7-10H,1-6H3;5-8H2,1-4H3;2*5H,1-3H3;4*3-4H,1-2H3;1H3,(H,3,4);1H4;1H;1H2;;. The van der Waals surface area contributed by atoms with Crippen molar-refractivity contribution < 1.29 is 147 Å². The van der Waals surface area contributed by atoms with Gasteiger partial charge in [0.05, 0.1) is 39.2 Å². The fourth-order valence-electron chi connectivity index (χ4n) is 5.55. The Balaban J connectivity index is -0.0000000618. The van der Waals surface area contributed by atoms with Crippen LogP contribution in [0, 0.1) is 0 Å². The number of carboxylic acid groups (broad SMARTS) is 1. The van der Waals surface area contributed by atoms with Gasteiger partial charge in [0.25, 0.3) is 5.97 Å². The molecular weight excluding hydrogens is 1340 g/mol. The first-order valence-electron chi connectivity index (χ1n) is 30.2. The summed E-state index contributed by atoms with van der Waals surface area (Å²) in [6, 6.07) is 0. The molecule has 0 aromatic rings. The second-order valence-electron chi connectivity index (χ2n) is 28.4. The monoisotopic (exact) mass is 1500 g/mol. The third kappa shape index (κ3) is 149. The van der Waals surface area contributed by atoms with Gasteiger partial charge in [-0.05, 0) is 228 Å². The minimum Gasteiger partial charge on any atom is -0.481 e. The molecule has 1 atom stereocenters. The van der Waals surface area contributed by atoms with Crippen molar-refractivity contribution in [2.75, 3.05) is 26.4 Å². The Bertz CT molecular complexity index is 1330. The van der Waals surface area contributed by atoms with Crippen LogP contribution >= 0.6 is 12.4 Å². The summed E-state index contributed by atoms with van der Waals surface area (Å²) in [6.45, 7) is 76.7. The fourth-order valence-corrected chi connectivity index (χ4v) is 19.6. The second-order valence-corrected chi connectivity index (χ2v) is 41.4. The van der Waals surface area contributed by atoms with E-state index in [1.807, 2.05) is 111 Å². The normalized spacial score (nSPS) is 12.2. The van der Waals surface area contributed by atoms with Crippen molar-refractivity contribution in [3.05, 3.63) is 0 Å². The first-order chi connectivity index (χ1) is 37.0. The largest absolute Gasteiger partial charge is 0.679 e. The van der Waals surface area contributed by atoms with Crippen LogP contribution in [0.5, 0.6) is 0 Å². The molecule has 0 fully saturated rings. The number of hydrogen-bond donors (Lipinski definition) is 9.